The molecule has 0 aliphatic carbocycles. The van der Waals surface area contributed by atoms with Crippen molar-refractivity contribution in [2.24, 2.45) is 0 Å². The van der Waals surface area contributed by atoms with Gasteiger partial charge in [0, 0.05) is 5.69 Å². The highest BCUT2D eigenvalue weighted by Gasteiger charge is 2.21. The summed E-state index contributed by atoms with van der Waals surface area (Å²) in [6, 6.07) is 3.87. The Hall–Kier alpha value is -1.43. The molecule has 0 fully saturated rings. The van der Waals surface area contributed by atoms with Crippen LogP contribution >= 0.6 is 15.9 Å². The maximum atomic E-state index is 13.9. The average Bonchev–Trinajstić information content (AvgIpc) is 2.35. The van der Waals surface area contributed by atoms with Gasteiger partial charge in [-0.05, 0) is 45.4 Å². The summed E-state index contributed by atoms with van der Waals surface area (Å²) >= 11 is 3.21. The maximum Gasteiger partial charge on any atom is 0.341 e. The van der Waals surface area contributed by atoms with Crippen LogP contribution in [0.3, 0.4) is 0 Å². The number of alkyl halides is 1. The van der Waals surface area contributed by atoms with E-state index in [1.807, 2.05) is 6.92 Å². The second-order valence-electron chi connectivity index (χ2n) is 5.56. The predicted molar refractivity (Wildman–Crippen MR) is 83.2 cm³/mol. The van der Waals surface area contributed by atoms with Gasteiger partial charge in [-0.2, -0.15) is 0 Å². The number of amides is 1. The standard InChI is InChI=1S/C15H19BrFNO3/c1-5-11(16)13(19)18-9-6-7-10(12(17)8-9)14(20)21-15(2,3)4/h6-8,11H,5H2,1-4H3,(H,18,19)/t11-/m1/s1. The second kappa shape index (κ2) is 7.02. The summed E-state index contributed by atoms with van der Waals surface area (Å²) in [6.07, 6.45) is 0.615. The molecule has 1 atom stereocenters. The number of halogens is 2. The van der Waals surface area contributed by atoms with Gasteiger partial charge in [0.1, 0.15) is 11.4 Å². The molecule has 6 heteroatoms. The van der Waals surface area contributed by atoms with E-state index in [9.17, 15) is 14.0 Å². The number of nitrogens with one attached hydrogen (secondary N) is 1. The van der Waals surface area contributed by atoms with Gasteiger partial charge in [-0.15, -0.1) is 0 Å². The molecule has 0 saturated heterocycles. The third-order valence-corrected chi connectivity index (χ3v) is 3.56. The average molecular weight is 360 g/mol. The van der Waals surface area contributed by atoms with Gasteiger partial charge in [0.2, 0.25) is 5.91 Å². The summed E-state index contributed by atoms with van der Waals surface area (Å²) in [5.41, 5.74) is -0.558. The van der Waals surface area contributed by atoms with E-state index < -0.39 is 17.4 Å². The molecule has 1 rings (SSSR count). The van der Waals surface area contributed by atoms with Crippen molar-refractivity contribution in [2.75, 3.05) is 5.32 Å². The number of anilines is 1. The second-order valence-corrected chi connectivity index (χ2v) is 6.67. The first kappa shape index (κ1) is 17.6. The van der Waals surface area contributed by atoms with E-state index in [2.05, 4.69) is 21.2 Å². The number of benzene rings is 1. The molecule has 0 aliphatic rings. The van der Waals surface area contributed by atoms with Gasteiger partial charge in [-0.25, -0.2) is 9.18 Å². The van der Waals surface area contributed by atoms with Gasteiger partial charge in [0.25, 0.3) is 0 Å². The molecule has 0 aromatic heterocycles. The maximum absolute atomic E-state index is 13.9. The fourth-order valence-electron chi connectivity index (χ4n) is 1.50. The van der Waals surface area contributed by atoms with Gasteiger partial charge >= 0.3 is 5.97 Å². The molecule has 0 aliphatic heterocycles. The van der Waals surface area contributed by atoms with E-state index in [0.717, 1.165) is 6.07 Å². The van der Waals surface area contributed by atoms with E-state index in [0.29, 0.717) is 12.1 Å². The topological polar surface area (TPSA) is 55.4 Å². The van der Waals surface area contributed by atoms with Crippen molar-refractivity contribution in [2.45, 2.75) is 44.5 Å². The lowest BCUT2D eigenvalue weighted by Crippen LogP contribution is -2.25. The molecule has 0 saturated carbocycles. The Balaban J connectivity index is 2.86. The highest BCUT2D eigenvalue weighted by molar-refractivity contribution is 9.10. The van der Waals surface area contributed by atoms with E-state index >= 15 is 0 Å². The van der Waals surface area contributed by atoms with Crippen molar-refractivity contribution in [3.8, 4) is 0 Å². The summed E-state index contributed by atoms with van der Waals surface area (Å²) in [4.78, 5) is 23.2. The molecule has 1 N–H and O–H groups in total. The van der Waals surface area contributed by atoms with Crippen LogP contribution in [0.15, 0.2) is 18.2 Å². The largest absolute Gasteiger partial charge is 0.456 e. The monoisotopic (exact) mass is 359 g/mol. The summed E-state index contributed by atoms with van der Waals surface area (Å²) in [5, 5.41) is 2.57. The van der Waals surface area contributed by atoms with E-state index in [1.54, 1.807) is 20.8 Å². The smallest absolute Gasteiger partial charge is 0.341 e. The first-order chi connectivity index (χ1) is 9.64. The highest BCUT2D eigenvalue weighted by atomic mass is 79.9. The third kappa shape index (κ3) is 5.46. The van der Waals surface area contributed by atoms with Gasteiger partial charge in [-0.1, -0.05) is 22.9 Å². The van der Waals surface area contributed by atoms with Crippen LogP contribution < -0.4 is 5.32 Å². The molecule has 1 amide bonds. The molecule has 0 unspecified atom stereocenters. The van der Waals surface area contributed by atoms with Crippen molar-refractivity contribution in [1.29, 1.82) is 0 Å². The Bertz CT molecular complexity index is 540. The van der Waals surface area contributed by atoms with E-state index in [1.165, 1.54) is 12.1 Å². The van der Waals surface area contributed by atoms with Gasteiger partial charge in [0.05, 0.1) is 10.4 Å². The van der Waals surface area contributed by atoms with Crippen LogP contribution in [0.25, 0.3) is 0 Å². The molecular weight excluding hydrogens is 341 g/mol. The number of rotatable bonds is 4. The van der Waals surface area contributed by atoms with Crippen molar-refractivity contribution in [3.63, 3.8) is 0 Å². The number of hydrogen-bond donors (Lipinski definition) is 1. The molecule has 0 bridgehead atoms. The molecular formula is C15H19BrFNO3. The molecule has 1 aromatic rings. The van der Waals surface area contributed by atoms with Crippen molar-refractivity contribution in [1.82, 2.24) is 0 Å². The molecule has 4 nitrogen and oxygen atoms in total. The van der Waals surface area contributed by atoms with E-state index in [-0.39, 0.29) is 16.3 Å². The lowest BCUT2D eigenvalue weighted by atomic mass is 10.1. The van der Waals surface area contributed by atoms with E-state index in [4.69, 9.17) is 4.74 Å². The Kier molecular flexibility index (Phi) is 5.89. The zero-order valence-electron chi connectivity index (χ0n) is 12.5. The number of carbonyl (C=O) groups excluding carboxylic acids is 2. The van der Waals surface area contributed by atoms with Crippen LogP contribution in [0.1, 0.15) is 44.5 Å². The molecule has 21 heavy (non-hydrogen) atoms. The highest BCUT2D eigenvalue weighted by Crippen LogP contribution is 2.19. The Morgan fingerprint density at radius 3 is 2.48 bits per heavy atom. The van der Waals surface area contributed by atoms with Crippen LogP contribution in [-0.4, -0.2) is 22.3 Å². The van der Waals surface area contributed by atoms with Crippen LogP contribution in [0.4, 0.5) is 10.1 Å². The lowest BCUT2D eigenvalue weighted by Gasteiger charge is -2.19. The minimum Gasteiger partial charge on any atom is -0.456 e. The summed E-state index contributed by atoms with van der Waals surface area (Å²) < 4.78 is 19.1. The quantitative estimate of drug-likeness (QED) is 0.655. The first-order valence-electron chi connectivity index (χ1n) is 6.62. The van der Waals surface area contributed by atoms with Gasteiger partial charge in [0.15, 0.2) is 0 Å². The van der Waals surface area contributed by atoms with Gasteiger partial charge in [-0.3, -0.25) is 4.79 Å². The number of carbonyl (C=O) groups is 2. The predicted octanol–water partition coefficient (Wildman–Crippen LogP) is 3.89. The number of esters is 1. The van der Waals surface area contributed by atoms with Crippen molar-refractivity contribution in [3.05, 3.63) is 29.6 Å². The Morgan fingerprint density at radius 1 is 1.38 bits per heavy atom. The summed E-state index contributed by atoms with van der Waals surface area (Å²) in [7, 11) is 0. The normalized spacial score (nSPS) is 12.7. The Labute approximate surface area is 132 Å². The lowest BCUT2D eigenvalue weighted by molar-refractivity contribution is -0.115. The fraction of sp³-hybridized carbons (Fsp3) is 0.467. The molecule has 0 heterocycles. The minimum atomic E-state index is -0.732. The summed E-state index contributed by atoms with van der Waals surface area (Å²) in [6.45, 7) is 6.97. The van der Waals surface area contributed by atoms with Crippen LogP contribution in [0.2, 0.25) is 0 Å². The molecule has 0 spiro atoms. The molecule has 1 aromatic carbocycles. The van der Waals surface area contributed by atoms with Crippen LogP contribution in [0.5, 0.6) is 0 Å². The van der Waals surface area contributed by atoms with Crippen molar-refractivity contribution >= 4 is 33.5 Å². The minimum absolute atomic E-state index is 0.159. The number of hydrogen-bond acceptors (Lipinski definition) is 3. The number of ether oxygens (including phenoxy) is 1. The zero-order chi connectivity index (χ0) is 16.2. The first-order valence-corrected chi connectivity index (χ1v) is 7.53. The Morgan fingerprint density at radius 2 is 2.00 bits per heavy atom. The van der Waals surface area contributed by atoms with Crippen molar-refractivity contribution < 1.29 is 18.7 Å². The van der Waals surface area contributed by atoms with Crippen LogP contribution in [-0.2, 0) is 9.53 Å². The zero-order valence-corrected chi connectivity index (χ0v) is 14.1. The SMILES string of the molecule is CC[C@@H](Br)C(=O)Nc1ccc(C(=O)OC(C)(C)C)c(F)c1. The molecule has 116 valence electrons. The summed E-state index contributed by atoms with van der Waals surface area (Å²) in [5.74, 6) is -1.73. The third-order valence-electron chi connectivity index (χ3n) is 2.50. The van der Waals surface area contributed by atoms with Crippen LogP contribution in [0, 0.1) is 5.82 Å². The molecule has 0 radical (unpaired) electrons. The fourth-order valence-corrected chi connectivity index (χ4v) is 1.61. The van der Waals surface area contributed by atoms with Gasteiger partial charge < -0.3 is 10.1 Å².